The number of benzene rings is 2. The van der Waals surface area contributed by atoms with Gasteiger partial charge in [0.25, 0.3) is 0 Å². The topological polar surface area (TPSA) is 109 Å². The Balaban J connectivity index is 1.29. The maximum Gasteiger partial charge on any atom is 0.407 e. The molecule has 9 heteroatoms. The van der Waals surface area contributed by atoms with Crippen molar-refractivity contribution in [3.8, 4) is 0 Å². The van der Waals surface area contributed by atoms with Crippen LogP contribution in [0, 0.1) is 5.92 Å². The number of rotatable bonds is 11. The average Bonchev–Trinajstić information content (AvgIpc) is 3.36. The van der Waals surface area contributed by atoms with Crippen LogP contribution in [0.4, 0.5) is 4.79 Å². The molecule has 1 fully saturated rings. The second-order valence-electron chi connectivity index (χ2n) is 8.94. The number of carbonyl (C=O) groups is 3. The minimum Gasteiger partial charge on any atom is -0.445 e. The predicted molar refractivity (Wildman–Crippen MR) is 140 cm³/mol. The van der Waals surface area contributed by atoms with Crippen molar-refractivity contribution in [2.75, 3.05) is 19.6 Å². The molecule has 36 heavy (non-hydrogen) atoms. The molecule has 4 rings (SSSR count). The van der Waals surface area contributed by atoms with Crippen molar-refractivity contribution in [2.24, 2.45) is 5.92 Å². The van der Waals surface area contributed by atoms with E-state index in [-0.39, 0.29) is 24.2 Å². The van der Waals surface area contributed by atoms with E-state index < -0.39 is 12.1 Å². The number of fused-ring (bicyclic) bond motifs is 1. The second-order valence-corrected chi connectivity index (χ2v) is 9.97. The van der Waals surface area contributed by atoms with Crippen LogP contribution in [0.3, 0.4) is 0 Å². The summed E-state index contributed by atoms with van der Waals surface area (Å²) in [5.41, 5.74) is 1.71. The van der Waals surface area contributed by atoms with Gasteiger partial charge in [-0.25, -0.2) is 9.78 Å². The van der Waals surface area contributed by atoms with Crippen molar-refractivity contribution in [1.29, 1.82) is 0 Å². The van der Waals surface area contributed by atoms with E-state index in [1.807, 2.05) is 54.6 Å². The highest BCUT2D eigenvalue weighted by Crippen LogP contribution is 2.23. The summed E-state index contributed by atoms with van der Waals surface area (Å²) in [6, 6.07) is 16.5. The fourth-order valence-electron chi connectivity index (χ4n) is 4.20. The Morgan fingerprint density at radius 3 is 2.67 bits per heavy atom. The van der Waals surface area contributed by atoms with Crippen molar-refractivity contribution in [2.45, 2.75) is 44.8 Å². The number of unbranched alkanes of at least 4 members (excludes halogenated alkanes) is 1. The highest BCUT2D eigenvalue weighted by molar-refractivity contribution is 7.20. The Bertz CT molecular complexity index is 1130. The number of ether oxygens (including phenoxy) is 1. The molecule has 0 spiro atoms. The zero-order valence-corrected chi connectivity index (χ0v) is 21.0. The molecule has 2 aromatic carbocycles. The first-order valence-electron chi connectivity index (χ1n) is 12.5. The number of thiazole rings is 1. The van der Waals surface area contributed by atoms with Gasteiger partial charge in [0.2, 0.25) is 11.7 Å². The van der Waals surface area contributed by atoms with Crippen molar-refractivity contribution in [3.05, 3.63) is 65.2 Å². The van der Waals surface area contributed by atoms with Gasteiger partial charge in [-0.3, -0.25) is 9.59 Å². The van der Waals surface area contributed by atoms with E-state index in [9.17, 15) is 14.4 Å². The molecule has 1 unspecified atom stereocenters. The molecule has 0 bridgehead atoms. The van der Waals surface area contributed by atoms with Gasteiger partial charge < -0.3 is 20.7 Å². The summed E-state index contributed by atoms with van der Waals surface area (Å²) >= 11 is 1.35. The van der Waals surface area contributed by atoms with Crippen molar-refractivity contribution in [3.63, 3.8) is 0 Å². The number of alkyl carbamates (subject to hydrolysis) is 1. The first-order valence-corrected chi connectivity index (χ1v) is 13.3. The molecule has 2 amide bonds. The average molecular weight is 509 g/mol. The van der Waals surface area contributed by atoms with E-state index in [0.29, 0.717) is 37.4 Å². The summed E-state index contributed by atoms with van der Waals surface area (Å²) in [6.07, 6.45) is 3.07. The van der Waals surface area contributed by atoms with Crippen LogP contribution in [0.2, 0.25) is 0 Å². The first-order chi connectivity index (χ1) is 17.6. The number of piperidine rings is 1. The zero-order valence-electron chi connectivity index (χ0n) is 20.2. The Kier molecular flexibility index (Phi) is 9.40. The van der Waals surface area contributed by atoms with E-state index in [1.165, 1.54) is 11.3 Å². The molecule has 1 aliphatic heterocycles. The molecule has 2 atom stereocenters. The van der Waals surface area contributed by atoms with Crippen LogP contribution in [0.15, 0.2) is 54.6 Å². The number of para-hydroxylation sites is 1. The first kappa shape index (κ1) is 25.8. The van der Waals surface area contributed by atoms with E-state index in [1.54, 1.807) is 0 Å². The van der Waals surface area contributed by atoms with Crippen LogP contribution >= 0.6 is 11.3 Å². The van der Waals surface area contributed by atoms with Crippen LogP contribution in [-0.4, -0.2) is 48.4 Å². The number of hydrogen-bond donors (Lipinski definition) is 3. The van der Waals surface area contributed by atoms with Gasteiger partial charge in [-0.2, -0.15) is 0 Å². The third kappa shape index (κ3) is 7.35. The smallest absolute Gasteiger partial charge is 0.407 e. The lowest BCUT2D eigenvalue weighted by atomic mass is 9.97. The van der Waals surface area contributed by atoms with E-state index in [2.05, 4.69) is 20.9 Å². The minimum atomic E-state index is -0.648. The van der Waals surface area contributed by atoms with Crippen LogP contribution in [0.25, 0.3) is 10.2 Å². The SMILES string of the molecule is O=C(NCCCCC(NC(=O)[C@H]1CCCNC1)C(=O)c1nc2ccccc2s1)OCc1ccccc1. The fourth-order valence-corrected chi connectivity index (χ4v) is 5.16. The quantitative estimate of drug-likeness (QED) is 0.266. The molecule has 1 saturated heterocycles. The lowest BCUT2D eigenvalue weighted by molar-refractivity contribution is -0.126. The Hall–Kier alpha value is -3.30. The molecule has 2 heterocycles. The van der Waals surface area contributed by atoms with Gasteiger partial charge in [-0.1, -0.05) is 42.5 Å². The van der Waals surface area contributed by atoms with Gasteiger partial charge in [0.15, 0.2) is 5.01 Å². The number of carbonyl (C=O) groups excluding carboxylic acids is 3. The van der Waals surface area contributed by atoms with E-state index in [0.717, 1.165) is 35.2 Å². The van der Waals surface area contributed by atoms with Gasteiger partial charge in [0.05, 0.1) is 22.2 Å². The molecular formula is C27H32N4O4S. The Morgan fingerprint density at radius 1 is 1.08 bits per heavy atom. The van der Waals surface area contributed by atoms with Gasteiger partial charge >= 0.3 is 6.09 Å². The summed E-state index contributed by atoms with van der Waals surface area (Å²) in [6.45, 7) is 2.19. The van der Waals surface area contributed by atoms with E-state index >= 15 is 0 Å². The minimum absolute atomic E-state index is 0.0933. The molecule has 3 aromatic rings. The van der Waals surface area contributed by atoms with Crippen LogP contribution in [0.5, 0.6) is 0 Å². The van der Waals surface area contributed by atoms with Crippen molar-refractivity contribution >= 4 is 39.3 Å². The molecule has 0 radical (unpaired) electrons. The predicted octanol–water partition coefficient (Wildman–Crippen LogP) is 4.06. The molecule has 1 aliphatic rings. The molecule has 1 aromatic heterocycles. The number of aromatic nitrogens is 1. The zero-order chi connectivity index (χ0) is 25.2. The molecular weight excluding hydrogens is 476 g/mol. The fraction of sp³-hybridized carbons (Fsp3) is 0.407. The maximum atomic E-state index is 13.4. The lowest BCUT2D eigenvalue weighted by Crippen LogP contribution is -2.47. The van der Waals surface area contributed by atoms with Gasteiger partial charge in [-0.05, 0) is 56.3 Å². The van der Waals surface area contributed by atoms with Crippen LogP contribution < -0.4 is 16.0 Å². The number of amides is 2. The molecule has 0 aliphatic carbocycles. The summed E-state index contributed by atoms with van der Waals surface area (Å²) in [4.78, 5) is 42.7. The number of hydrogen-bond acceptors (Lipinski definition) is 7. The van der Waals surface area contributed by atoms with Gasteiger partial charge in [0, 0.05) is 13.1 Å². The van der Waals surface area contributed by atoms with Crippen LogP contribution in [-0.2, 0) is 16.1 Å². The van der Waals surface area contributed by atoms with Crippen LogP contribution in [0.1, 0.15) is 47.5 Å². The third-order valence-corrected chi connectivity index (χ3v) is 7.26. The monoisotopic (exact) mass is 508 g/mol. The normalized spacial score (nSPS) is 16.3. The number of ketones is 1. The largest absolute Gasteiger partial charge is 0.445 e. The highest BCUT2D eigenvalue weighted by Gasteiger charge is 2.28. The molecule has 0 saturated carbocycles. The Labute approximate surface area is 214 Å². The van der Waals surface area contributed by atoms with Crippen molar-refractivity contribution < 1.29 is 19.1 Å². The van der Waals surface area contributed by atoms with E-state index in [4.69, 9.17) is 4.74 Å². The summed E-state index contributed by atoms with van der Waals surface area (Å²) in [7, 11) is 0. The summed E-state index contributed by atoms with van der Waals surface area (Å²) in [5, 5.41) is 9.40. The van der Waals surface area contributed by atoms with Gasteiger partial charge in [0.1, 0.15) is 6.61 Å². The second kappa shape index (κ2) is 13.1. The summed E-state index contributed by atoms with van der Waals surface area (Å²) < 4.78 is 6.17. The summed E-state index contributed by atoms with van der Waals surface area (Å²) in [5.74, 6) is -0.390. The number of Topliss-reactive ketones (excluding diaryl/α,β-unsaturated/α-hetero) is 1. The third-order valence-electron chi connectivity index (χ3n) is 6.21. The molecule has 190 valence electrons. The number of nitrogens with one attached hydrogen (secondary N) is 3. The lowest BCUT2D eigenvalue weighted by Gasteiger charge is -2.24. The Morgan fingerprint density at radius 2 is 1.89 bits per heavy atom. The maximum absolute atomic E-state index is 13.4. The molecule has 8 nitrogen and oxygen atoms in total. The standard InChI is InChI=1S/C27H32N4O4S/c32-24(26-31-21-12-4-5-14-23(21)36-26)22(30-25(33)20-11-8-15-28-17-20)13-6-7-16-29-27(34)35-18-19-9-2-1-3-10-19/h1-5,9-10,12,14,20,22,28H,6-8,11,13,15-18H2,(H,29,34)(H,30,33)/t20-,22?/m0/s1. The molecule has 3 N–H and O–H groups in total. The number of nitrogens with zero attached hydrogens (tertiary/aromatic N) is 1. The van der Waals surface area contributed by atoms with Crippen molar-refractivity contribution in [1.82, 2.24) is 20.9 Å². The van der Waals surface area contributed by atoms with Gasteiger partial charge in [-0.15, -0.1) is 11.3 Å². The highest BCUT2D eigenvalue weighted by atomic mass is 32.1.